The minimum absolute atomic E-state index is 0.255. The number of hydrogen-bond donors (Lipinski definition) is 2. The third kappa shape index (κ3) is 2.81. The lowest BCUT2D eigenvalue weighted by molar-refractivity contribution is -0.128. The first-order chi connectivity index (χ1) is 5.70. The van der Waals surface area contributed by atoms with Gasteiger partial charge in [0.25, 0.3) is 0 Å². The van der Waals surface area contributed by atoms with Gasteiger partial charge in [0, 0.05) is 6.54 Å². The lowest BCUT2D eigenvalue weighted by Gasteiger charge is -2.25. The molecule has 1 atom stereocenters. The fourth-order valence-electron chi connectivity index (χ4n) is 1.33. The first-order valence-corrected chi connectivity index (χ1v) is 4.66. The van der Waals surface area contributed by atoms with Crippen LogP contribution in [0.3, 0.4) is 0 Å². The Hall–Kier alpha value is -0.570. The zero-order valence-electron chi connectivity index (χ0n) is 7.55. The van der Waals surface area contributed by atoms with Gasteiger partial charge in [0.1, 0.15) is 6.10 Å². The summed E-state index contributed by atoms with van der Waals surface area (Å²) in [6.07, 6.45) is 4.16. The Labute approximate surface area is 73.2 Å². The Morgan fingerprint density at radius 1 is 1.67 bits per heavy atom. The van der Waals surface area contributed by atoms with Gasteiger partial charge in [0.2, 0.25) is 5.91 Å². The van der Waals surface area contributed by atoms with Crippen LogP contribution in [0.2, 0.25) is 0 Å². The number of amides is 1. The highest BCUT2D eigenvalue weighted by Crippen LogP contribution is 2.28. The second-order valence-electron chi connectivity index (χ2n) is 3.55. The van der Waals surface area contributed by atoms with Crippen LogP contribution in [0.15, 0.2) is 0 Å². The molecule has 0 heterocycles. The molecule has 1 fully saturated rings. The van der Waals surface area contributed by atoms with E-state index >= 15 is 0 Å². The van der Waals surface area contributed by atoms with E-state index in [0.29, 0.717) is 6.54 Å². The number of rotatable bonds is 4. The van der Waals surface area contributed by atoms with Crippen LogP contribution in [-0.2, 0) is 4.79 Å². The number of hydrogen-bond acceptors (Lipinski definition) is 2. The van der Waals surface area contributed by atoms with E-state index in [9.17, 15) is 4.79 Å². The summed E-state index contributed by atoms with van der Waals surface area (Å²) in [6, 6.07) is 0. The van der Waals surface area contributed by atoms with Crippen molar-refractivity contribution in [2.45, 2.75) is 38.7 Å². The molecule has 3 nitrogen and oxygen atoms in total. The molecule has 1 unspecified atom stereocenters. The highest BCUT2D eigenvalue weighted by Gasteiger charge is 2.17. The number of aliphatic hydroxyl groups excluding tert-OH is 1. The minimum Gasteiger partial charge on any atom is -0.384 e. The molecule has 0 spiro atoms. The molecule has 12 heavy (non-hydrogen) atoms. The van der Waals surface area contributed by atoms with Crippen molar-refractivity contribution in [1.82, 2.24) is 5.32 Å². The van der Waals surface area contributed by atoms with E-state index in [1.807, 2.05) is 0 Å². The van der Waals surface area contributed by atoms with Crippen molar-refractivity contribution in [3.8, 4) is 0 Å². The molecule has 3 heteroatoms. The van der Waals surface area contributed by atoms with E-state index in [1.54, 1.807) is 0 Å². The third-order valence-corrected chi connectivity index (χ3v) is 2.46. The van der Waals surface area contributed by atoms with Gasteiger partial charge in [-0.2, -0.15) is 0 Å². The molecule has 0 radical (unpaired) electrons. The molecule has 0 saturated heterocycles. The second kappa shape index (κ2) is 4.45. The summed E-state index contributed by atoms with van der Waals surface area (Å²) in [5.41, 5.74) is 0. The Morgan fingerprint density at radius 3 is 2.75 bits per heavy atom. The predicted octanol–water partition coefficient (Wildman–Crippen LogP) is 0.674. The summed E-state index contributed by atoms with van der Waals surface area (Å²) in [5, 5.41) is 11.5. The number of carbonyl (C=O) groups excluding carboxylic acids is 1. The summed E-state index contributed by atoms with van der Waals surface area (Å²) in [5.74, 6) is 0.564. The zero-order valence-corrected chi connectivity index (χ0v) is 7.55. The van der Waals surface area contributed by atoms with Gasteiger partial charge in [-0.15, -0.1) is 0 Å². The van der Waals surface area contributed by atoms with Crippen molar-refractivity contribution in [1.29, 1.82) is 0 Å². The number of carbonyl (C=O) groups is 1. The molecule has 2 N–H and O–H groups in total. The van der Waals surface area contributed by atoms with Crippen LogP contribution in [0, 0.1) is 5.92 Å². The monoisotopic (exact) mass is 171 g/mol. The van der Waals surface area contributed by atoms with Crippen molar-refractivity contribution >= 4 is 5.91 Å². The Bertz CT molecular complexity index is 153. The fourth-order valence-corrected chi connectivity index (χ4v) is 1.33. The molecule has 0 bridgehead atoms. The lowest BCUT2D eigenvalue weighted by atomic mass is 9.83. The van der Waals surface area contributed by atoms with Gasteiger partial charge in [0.15, 0.2) is 0 Å². The topological polar surface area (TPSA) is 49.3 Å². The van der Waals surface area contributed by atoms with Crippen LogP contribution in [-0.4, -0.2) is 23.7 Å². The SMILES string of the molecule is CC(O)C(=O)NCCC1CCC1. The predicted molar refractivity (Wildman–Crippen MR) is 46.6 cm³/mol. The van der Waals surface area contributed by atoms with Crippen molar-refractivity contribution in [2.75, 3.05) is 6.54 Å². The molecular formula is C9H17NO2. The summed E-state index contributed by atoms with van der Waals surface area (Å²) >= 11 is 0. The van der Waals surface area contributed by atoms with E-state index in [4.69, 9.17) is 5.11 Å². The van der Waals surface area contributed by atoms with Gasteiger partial charge < -0.3 is 10.4 Å². The number of nitrogens with one attached hydrogen (secondary N) is 1. The van der Waals surface area contributed by atoms with Crippen LogP contribution in [0.25, 0.3) is 0 Å². The third-order valence-electron chi connectivity index (χ3n) is 2.46. The van der Waals surface area contributed by atoms with Crippen molar-refractivity contribution in [3.05, 3.63) is 0 Å². The van der Waals surface area contributed by atoms with Crippen molar-refractivity contribution in [3.63, 3.8) is 0 Å². The van der Waals surface area contributed by atoms with Crippen LogP contribution in [0.1, 0.15) is 32.6 Å². The maximum absolute atomic E-state index is 10.9. The average Bonchev–Trinajstić information content (AvgIpc) is 1.93. The van der Waals surface area contributed by atoms with Gasteiger partial charge >= 0.3 is 0 Å². The van der Waals surface area contributed by atoms with E-state index in [1.165, 1.54) is 26.2 Å². The van der Waals surface area contributed by atoms with Crippen LogP contribution >= 0.6 is 0 Å². The Balaban J connectivity index is 1.97. The van der Waals surface area contributed by atoms with Gasteiger partial charge in [-0.25, -0.2) is 0 Å². The molecule has 1 saturated carbocycles. The molecule has 1 amide bonds. The van der Waals surface area contributed by atoms with Crippen LogP contribution in [0.5, 0.6) is 0 Å². The van der Waals surface area contributed by atoms with Crippen molar-refractivity contribution < 1.29 is 9.90 Å². The fraction of sp³-hybridized carbons (Fsp3) is 0.889. The van der Waals surface area contributed by atoms with Crippen LogP contribution in [0.4, 0.5) is 0 Å². The first-order valence-electron chi connectivity index (χ1n) is 4.66. The lowest BCUT2D eigenvalue weighted by Crippen LogP contribution is -2.34. The smallest absolute Gasteiger partial charge is 0.248 e. The molecular weight excluding hydrogens is 154 g/mol. The van der Waals surface area contributed by atoms with Crippen LogP contribution < -0.4 is 5.32 Å². The molecule has 0 aliphatic heterocycles. The van der Waals surface area contributed by atoms with E-state index in [-0.39, 0.29) is 5.91 Å². The maximum Gasteiger partial charge on any atom is 0.248 e. The number of aliphatic hydroxyl groups is 1. The summed E-state index contributed by atoms with van der Waals surface area (Å²) in [7, 11) is 0. The maximum atomic E-state index is 10.9. The largest absolute Gasteiger partial charge is 0.384 e. The normalized spacial score (nSPS) is 19.8. The molecule has 1 aliphatic rings. The Kier molecular flexibility index (Phi) is 3.53. The minimum atomic E-state index is -0.869. The zero-order chi connectivity index (χ0) is 8.97. The summed E-state index contributed by atoms with van der Waals surface area (Å²) in [6.45, 7) is 2.20. The average molecular weight is 171 g/mol. The highest BCUT2D eigenvalue weighted by molar-refractivity contribution is 5.79. The Morgan fingerprint density at radius 2 is 2.33 bits per heavy atom. The molecule has 0 aromatic heterocycles. The highest BCUT2D eigenvalue weighted by atomic mass is 16.3. The molecule has 1 rings (SSSR count). The quantitative estimate of drug-likeness (QED) is 0.653. The van der Waals surface area contributed by atoms with E-state index in [2.05, 4.69) is 5.32 Å². The molecule has 0 aromatic rings. The van der Waals surface area contributed by atoms with Gasteiger partial charge in [-0.3, -0.25) is 4.79 Å². The van der Waals surface area contributed by atoms with E-state index < -0.39 is 6.10 Å². The first kappa shape index (κ1) is 9.52. The summed E-state index contributed by atoms with van der Waals surface area (Å²) < 4.78 is 0. The molecule has 1 aliphatic carbocycles. The van der Waals surface area contributed by atoms with Gasteiger partial charge in [0.05, 0.1) is 0 Å². The standard InChI is InChI=1S/C9H17NO2/c1-7(11)9(12)10-6-5-8-3-2-4-8/h7-8,11H,2-6H2,1H3,(H,10,12). The van der Waals surface area contributed by atoms with Crippen molar-refractivity contribution in [2.24, 2.45) is 5.92 Å². The van der Waals surface area contributed by atoms with Gasteiger partial charge in [-0.1, -0.05) is 19.3 Å². The van der Waals surface area contributed by atoms with E-state index in [0.717, 1.165) is 12.3 Å². The molecule has 0 aromatic carbocycles. The summed E-state index contributed by atoms with van der Waals surface area (Å²) in [4.78, 5) is 10.9. The molecule has 70 valence electrons. The van der Waals surface area contributed by atoms with Gasteiger partial charge in [-0.05, 0) is 19.3 Å². The second-order valence-corrected chi connectivity index (χ2v) is 3.55.